The molecule has 0 amide bonds. The highest BCUT2D eigenvalue weighted by Gasteiger charge is 2.22. The molecule has 0 bridgehead atoms. The third-order valence-electron chi connectivity index (χ3n) is 2.89. The summed E-state index contributed by atoms with van der Waals surface area (Å²) in [5.74, 6) is -1.72. The van der Waals surface area contributed by atoms with Crippen LogP contribution in [0.25, 0.3) is 0 Å². The Balaban J connectivity index is 2.32. The van der Waals surface area contributed by atoms with Crippen molar-refractivity contribution in [3.63, 3.8) is 0 Å². The molecule has 22 heavy (non-hydrogen) atoms. The van der Waals surface area contributed by atoms with Gasteiger partial charge in [0, 0.05) is 19.3 Å². The van der Waals surface area contributed by atoms with E-state index in [1.165, 1.54) is 31.2 Å². The molecule has 0 saturated heterocycles. The summed E-state index contributed by atoms with van der Waals surface area (Å²) in [6.45, 7) is -0.229. The van der Waals surface area contributed by atoms with Gasteiger partial charge in [-0.25, -0.2) is 14.3 Å². The van der Waals surface area contributed by atoms with Gasteiger partial charge in [-0.15, -0.1) is 0 Å². The quantitative estimate of drug-likeness (QED) is 0.568. The van der Waals surface area contributed by atoms with Gasteiger partial charge in [-0.3, -0.25) is 9.48 Å². The van der Waals surface area contributed by atoms with Gasteiger partial charge >= 0.3 is 11.9 Å². The summed E-state index contributed by atoms with van der Waals surface area (Å²) in [6, 6.07) is 1.22. The van der Waals surface area contributed by atoms with Gasteiger partial charge in [0.2, 0.25) is 0 Å². The Morgan fingerprint density at radius 2 is 1.86 bits per heavy atom. The van der Waals surface area contributed by atoms with Crippen molar-refractivity contribution in [3.8, 4) is 0 Å². The standard InChI is InChI=1S/C13H14N4O5/c1-16-6-8(5-14-16)11(18)7-17-10(13(20)22-3)4-9(15-17)12(19)21-2/h4-6H,7H2,1-3H3. The van der Waals surface area contributed by atoms with Crippen molar-refractivity contribution < 1.29 is 23.9 Å². The maximum Gasteiger partial charge on any atom is 0.358 e. The van der Waals surface area contributed by atoms with E-state index in [-0.39, 0.29) is 23.7 Å². The van der Waals surface area contributed by atoms with E-state index in [1.807, 2.05) is 0 Å². The lowest BCUT2D eigenvalue weighted by atomic mass is 10.2. The first-order valence-corrected chi connectivity index (χ1v) is 6.22. The number of Topliss-reactive ketones (excluding diaryl/α,β-unsaturated/α-hetero) is 1. The summed E-state index contributed by atoms with van der Waals surface area (Å²) in [4.78, 5) is 35.4. The molecule has 0 N–H and O–H groups in total. The molecule has 0 spiro atoms. The minimum Gasteiger partial charge on any atom is -0.464 e. The lowest BCUT2D eigenvalue weighted by Gasteiger charge is -2.04. The lowest BCUT2D eigenvalue weighted by molar-refractivity contribution is 0.0580. The first-order chi connectivity index (χ1) is 10.5. The zero-order valence-corrected chi connectivity index (χ0v) is 12.3. The molecule has 0 unspecified atom stereocenters. The zero-order chi connectivity index (χ0) is 16.3. The average Bonchev–Trinajstić information content (AvgIpc) is 3.12. The molecule has 2 aromatic heterocycles. The third-order valence-corrected chi connectivity index (χ3v) is 2.89. The van der Waals surface area contributed by atoms with E-state index in [1.54, 1.807) is 13.2 Å². The molecule has 0 fully saturated rings. The molecule has 0 saturated carbocycles. The minimum absolute atomic E-state index is 0.0138. The number of methoxy groups -OCH3 is 2. The van der Waals surface area contributed by atoms with E-state index in [0.29, 0.717) is 5.56 Å². The Morgan fingerprint density at radius 1 is 1.18 bits per heavy atom. The van der Waals surface area contributed by atoms with E-state index in [2.05, 4.69) is 19.7 Å². The molecule has 0 aliphatic rings. The molecule has 9 nitrogen and oxygen atoms in total. The fourth-order valence-electron chi connectivity index (χ4n) is 1.80. The first-order valence-electron chi connectivity index (χ1n) is 6.22. The van der Waals surface area contributed by atoms with Crippen LogP contribution in [0.1, 0.15) is 31.3 Å². The van der Waals surface area contributed by atoms with Gasteiger partial charge in [-0.1, -0.05) is 0 Å². The summed E-state index contributed by atoms with van der Waals surface area (Å²) in [5.41, 5.74) is 0.274. The number of esters is 2. The Hall–Kier alpha value is -2.97. The van der Waals surface area contributed by atoms with Crippen molar-refractivity contribution in [2.45, 2.75) is 6.54 Å². The fourth-order valence-corrected chi connectivity index (χ4v) is 1.80. The molecule has 9 heteroatoms. The van der Waals surface area contributed by atoms with Crippen LogP contribution in [0.5, 0.6) is 0 Å². The number of hydrogen-bond acceptors (Lipinski definition) is 7. The number of aryl methyl sites for hydroxylation is 1. The molecule has 0 radical (unpaired) electrons. The van der Waals surface area contributed by atoms with Crippen LogP contribution in [-0.4, -0.2) is 51.5 Å². The Morgan fingerprint density at radius 3 is 2.41 bits per heavy atom. The predicted octanol–water partition coefficient (Wildman–Crippen LogP) is 0.0727. The summed E-state index contributed by atoms with van der Waals surface area (Å²) in [7, 11) is 4.07. The molecule has 2 aromatic rings. The topological polar surface area (TPSA) is 105 Å². The average molecular weight is 306 g/mol. The second-order valence-corrected chi connectivity index (χ2v) is 4.38. The molecule has 116 valence electrons. The first kappa shape index (κ1) is 15.4. The van der Waals surface area contributed by atoms with Crippen LogP contribution in [0, 0.1) is 0 Å². The smallest absolute Gasteiger partial charge is 0.358 e. The predicted molar refractivity (Wildman–Crippen MR) is 72.4 cm³/mol. The fraction of sp³-hybridized carbons (Fsp3) is 0.308. The molecular weight excluding hydrogens is 292 g/mol. The van der Waals surface area contributed by atoms with Crippen LogP contribution in [-0.2, 0) is 23.1 Å². The molecule has 0 aromatic carbocycles. The number of carbonyl (C=O) groups excluding carboxylic acids is 3. The third kappa shape index (κ3) is 3.03. The SMILES string of the molecule is COC(=O)c1cc(C(=O)OC)n(CC(=O)c2cnn(C)c2)n1. The van der Waals surface area contributed by atoms with Gasteiger partial charge in [0.05, 0.1) is 26.0 Å². The lowest BCUT2D eigenvalue weighted by Crippen LogP contribution is -2.17. The summed E-state index contributed by atoms with van der Waals surface area (Å²) in [5, 5.41) is 7.82. The van der Waals surface area contributed by atoms with E-state index < -0.39 is 11.9 Å². The van der Waals surface area contributed by atoms with E-state index in [0.717, 1.165) is 4.68 Å². The molecule has 0 aliphatic carbocycles. The van der Waals surface area contributed by atoms with Crippen LogP contribution >= 0.6 is 0 Å². The molecular formula is C13H14N4O5. The number of carbonyl (C=O) groups is 3. The second-order valence-electron chi connectivity index (χ2n) is 4.38. The second kappa shape index (κ2) is 6.20. The van der Waals surface area contributed by atoms with Crippen LogP contribution in [0.15, 0.2) is 18.5 Å². The summed E-state index contributed by atoms with van der Waals surface area (Å²) in [6.07, 6.45) is 2.95. The van der Waals surface area contributed by atoms with E-state index in [9.17, 15) is 14.4 Å². The van der Waals surface area contributed by atoms with Crippen LogP contribution < -0.4 is 0 Å². The summed E-state index contributed by atoms with van der Waals surface area (Å²) >= 11 is 0. The summed E-state index contributed by atoms with van der Waals surface area (Å²) < 4.78 is 11.7. The Bertz CT molecular complexity index is 731. The number of hydrogen-bond donors (Lipinski definition) is 0. The minimum atomic E-state index is -0.710. The number of nitrogens with zero attached hydrogens (tertiary/aromatic N) is 4. The normalized spacial score (nSPS) is 10.3. The Kier molecular flexibility index (Phi) is 4.35. The maximum absolute atomic E-state index is 12.2. The van der Waals surface area contributed by atoms with Crippen LogP contribution in [0.4, 0.5) is 0 Å². The number of rotatable bonds is 5. The van der Waals surface area contributed by atoms with Gasteiger partial charge in [0.15, 0.2) is 11.5 Å². The monoisotopic (exact) mass is 306 g/mol. The van der Waals surface area contributed by atoms with E-state index in [4.69, 9.17) is 0 Å². The largest absolute Gasteiger partial charge is 0.464 e. The highest BCUT2D eigenvalue weighted by atomic mass is 16.5. The highest BCUT2D eigenvalue weighted by Crippen LogP contribution is 2.10. The van der Waals surface area contributed by atoms with Gasteiger partial charge in [0.25, 0.3) is 0 Å². The van der Waals surface area contributed by atoms with Crippen LogP contribution in [0.3, 0.4) is 0 Å². The molecule has 0 atom stereocenters. The van der Waals surface area contributed by atoms with Gasteiger partial charge in [0.1, 0.15) is 12.2 Å². The van der Waals surface area contributed by atoms with Crippen molar-refractivity contribution in [3.05, 3.63) is 35.4 Å². The van der Waals surface area contributed by atoms with Gasteiger partial charge in [-0.2, -0.15) is 10.2 Å². The van der Waals surface area contributed by atoms with Crippen LogP contribution in [0.2, 0.25) is 0 Å². The molecule has 2 rings (SSSR count). The number of ether oxygens (including phenoxy) is 2. The van der Waals surface area contributed by atoms with Crippen molar-refractivity contribution in [1.82, 2.24) is 19.6 Å². The Labute approximate surface area is 125 Å². The number of ketones is 1. The van der Waals surface area contributed by atoms with Crippen molar-refractivity contribution >= 4 is 17.7 Å². The van der Waals surface area contributed by atoms with Gasteiger partial charge < -0.3 is 9.47 Å². The van der Waals surface area contributed by atoms with E-state index >= 15 is 0 Å². The highest BCUT2D eigenvalue weighted by molar-refractivity contribution is 5.97. The van der Waals surface area contributed by atoms with Crippen molar-refractivity contribution in [2.75, 3.05) is 14.2 Å². The maximum atomic E-state index is 12.2. The van der Waals surface area contributed by atoms with Crippen molar-refractivity contribution in [2.24, 2.45) is 7.05 Å². The van der Waals surface area contributed by atoms with Crippen molar-refractivity contribution in [1.29, 1.82) is 0 Å². The molecule has 2 heterocycles. The zero-order valence-electron chi connectivity index (χ0n) is 12.3. The molecule has 0 aliphatic heterocycles. The van der Waals surface area contributed by atoms with Gasteiger partial charge in [-0.05, 0) is 0 Å². The number of aromatic nitrogens is 4.